The Labute approximate surface area is 142 Å². The third kappa shape index (κ3) is 10.2. The molecule has 24 heavy (non-hydrogen) atoms. The fraction of sp³-hybridized carbons (Fsp3) is 0.909. The molecule has 2 unspecified atom stereocenters. The number of carbonyl (C=O) groups excluding carboxylic acids is 1. The van der Waals surface area contributed by atoms with Crippen LogP contribution in [0.3, 0.4) is 0 Å². The van der Waals surface area contributed by atoms with Crippen molar-refractivity contribution in [3.8, 4) is 0 Å². The lowest BCUT2D eigenvalue weighted by molar-refractivity contribution is -0.214. The first-order valence-corrected chi connectivity index (χ1v) is 7.46. The van der Waals surface area contributed by atoms with Crippen LogP contribution < -0.4 is 0 Å². The van der Waals surface area contributed by atoms with E-state index in [2.05, 4.69) is 9.47 Å². The molecule has 5 nitrogen and oxygen atoms in total. The van der Waals surface area contributed by atoms with Crippen molar-refractivity contribution in [1.82, 2.24) is 0 Å². The Hall–Kier alpha value is -0.750. The second-order valence-electron chi connectivity index (χ2n) is 4.24. The van der Waals surface area contributed by atoms with Gasteiger partial charge in [0.2, 0.25) is 0 Å². The van der Waals surface area contributed by atoms with Crippen molar-refractivity contribution in [2.24, 2.45) is 0 Å². The number of thioether (sulfide) groups is 1. The molecular formula is C11H15ClF6O5S. The highest BCUT2D eigenvalue weighted by Gasteiger charge is 2.45. The summed E-state index contributed by atoms with van der Waals surface area (Å²) in [5, 5.41) is 0. The normalized spacial score (nSPS) is 15.7. The van der Waals surface area contributed by atoms with Crippen LogP contribution in [0.15, 0.2) is 0 Å². The summed E-state index contributed by atoms with van der Waals surface area (Å²) in [6.07, 6.45) is -13.8. The van der Waals surface area contributed by atoms with Gasteiger partial charge in [-0.2, -0.15) is 26.3 Å². The molecule has 0 rings (SSSR count). The van der Waals surface area contributed by atoms with Gasteiger partial charge < -0.3 is 9.47 Å². The molecule has 0 aliphatic heterocycles. The van der Waals surface area contributed by atoms with Gasteiger partial charge in [0.15, 0.2) is 10.3 Å². The predicted octanol–water partition coefficient (Wildman–Crippen LogP) is 4.20. The van der Waals surface area contributed by atoms with Crippen molar-refractivity contribution in [2.75, 3.05) is 20.0 Å². The Morgan fingerprint density at radius 2 is 1.58 bits per heavy atom. The topological polar surface area (TPSA) is 69.7 Å². The molecule has 13 heteroatoms. The summed E-state index contributed by atoms with van der Waals surface area (Å²) >= 11 is 6.26. The van der Waals surface area contributed by atoms with E-state index in [0.29, 0.717) is 11.8 Å². The van der Waals surface area contributed by atoms with Crippen molar-refractivity contribution in [3.63, 3.8) is 0 Å². The average Bonchev–Trinajstić information content (AvgIpc) is 2.46. The minimum atomic E-state index is -4.67. The molecule has 0 bridgehead atoms. The van der Waals surface area contributed by atoms with E-state index in [1.165, 1.54) is 0 Å². The van der Waals surface area contributed by atoms with Crippen LogP contribution in [0.4, 0.5) is 26.3 Å². The second-order valence-corrected chi connectivity index (χ2v) is 6.50. The van der Waals surface area contributed by atoms with E-state index in [0.717, 1.165) is 14.2 Å². The Morgan fingerprint density at radius 3 is 1.92 bits per heavy atom. The van der Waals surface area contributed by atoms with Crippen molar-refractivity contribution in [1.29, 1.82) is 0 Å². The van der Waals surface area contributed by atoms with Crippen LogP contribution in [0.2, 0.25) is 0 Å². The van der Waals surface area contributed by atoms with E-state index in [1.807, 2.05) is 0 Å². The summed E-state index contributed by atoms with van der Waals surface area (Å²) in [6.45, 7) is 0. The van der Waals surface area contributed by atoms with Gasteiger partial charge in [-0.15, -0.1) is 11.8 Å². The standard InChI is InChI=1S/C11H15ClF6O3S.O2/c1-20-7(11(16,17)18)3-4-9(12,8(19)21-2)22-6-5-10(13,14)15;1-2/h7H,3-6H2,1-2H3;. The molecular weight excluding hydrogens is 394 g/mol. The first-order valence-electron chi connectivity index (χ1n) is 6.10. The average molecular weight is 409 g/mol. The van der Waals surface area contributed by atoms with Gasteiger partial charge in [-0.25, -0.2) is 4.79 Å². The van der Waals surface area contributed by atoms with Gasteiger partial charge in [-0.3, -0.25) is 0 Å². The highest BCUT2D eigenvalue weighted by molar-refractivity contribution is 8.02. The molecule has 0 radical (unpaired) electrons. The Morgan fingerprint density at radius 1 is 1.08 bits per heavy atom. The number of carbonyl (C=O) groups is 1. The lowest BCUT2D eigenvalue weighted by atomic mass is 10.1. The van der Waals surface area contributed by atoms with Crippen molar-refractivity contribution >= 4 is 29.3 Å². The molecule has 0 saturated heterocycles. The fourth-order valence-corrected chi connectivity index (χ4v) is 2.98. The molecule has 144 valence electrons. The Balaban J connectivity index is 0. The minimum absolute atomic E-state index is 0.395. The summed E-state index contributed by atoms with van der Waals surface area (Å²) < 4.78 is 80.5. The molecule has 0 aliphatic rings. The predicted molar refractivity (Wildman–Crippen MR) is 76.6 cm³/mol. The third-order valence-corrected chi connectivity index (χ3v) is 4.49. The Kier molecular flexibility index (Phi) is 11.7. The molecule has 0 saturated carbocycles. The molecule has 2 atom stereocenters. The highest BCUT2D eigenvalue weighted by Crippen LogP contribution is 2.40. The molecule has 0 aromatic rings. The number of ether oxygens (including phenoxy) is 2. The molecule has 0 heterocycles. The van der Waals surface area contributed by atoms with E-state index in [4.69, 9.17) is 21.5 Å². The van der Waals surface area contributed by atoms with Gasteiger partial charge >= 0.3 is 18.3 Å². The first kappa shape index (κ1) is 25.5. The van der Waals surface area contributed by atoms with Crippen LogP contribution in [-0.2, 0) is 14.3 Å². The molecule has 0 fully saturated rings. The van der Waals surface area contributed by atoms with E-state index in [-0.39, 0.29) is 0 Å². The maximum atomic E-state index is 12.5. The number of methoxy groups -OCH3 is 2. The summed E-state index contributed by atoms with van der Waals surface area (Å²) in [6, 6.07) is 0. The number of hydrogen-bond donors (Lipinski definition) is 0. The Bertz CT molecular complexity index is 381. The van der Waals surface area contributed by atoms with E-state index >= 15 is 0 Å². The molecule has 0 aromatic heterocycles. The molecule has 0 N–H and O–H groups in total. The number of rotatable bonds is 8. The fourth-order valence-electron chi connectivity index (χ4n) is 1.45. The summed E-state index contributed by atoms with van der Waals surface area (Å²) in [7, 11) is 1.78. The van der Waals surface area contributed by atoms with Gasteiger partial charge in [-0.1, -0.05) is 11.6 Å². The third-order valence-electron chi connectivity index (χ3n) is 2.58. The summed E-state index contributed by atoms with van der Waals surface area (Å²) in [5.74, 6) is -1.68. The van der Waals surface area contributed by atoms with E-state index in [9.17, 15) is 31.1 Å². The monoisotopic (exact) mass is 408 g/mol. The van der Waals surface area contributed by atoms with Crippen molar-refractivity contribution in [2.45, 2.75) is 41.9 Å². The van der Waals surface area contributed by atoms with Crippen LogP contribution in [0.5, 0.6) is 0 Å². The number of hydrogen-bond acceptors (Lipinski definition) is 6. The van der Waals surface area contributed by atoms with Gasteiger partial charge in [0.05, 0.1) is 13.5 Å². The van der Waals surface area contributed by atoms with Gasteiger partial charge in [0.1, 0.15) is 0 Å². The van der Waals surface area contributed by atoms with Gasteiger partial charge in [0, 0.05) is 22.8 Å². The zero-order chi connectivity index (χ0) is 19.6. The quantitative estimate of drug-likeness (QED) is 0.340. The largest absolute Gasteiger partial charge is 0.467 e. The molecule has 0 amide bonds. The summed E-state index contributed by atoms with van der Waals surface area (Å²) in [4.78, 5) is 25.6. The zero-order valence-corrected chi connectivity index (χ0v) is 14.1. The van der Waals surface area contributed by atoms with Crippen molar-refractivity contribution < 1.29 is 40.6 Å². The number of esters is 1. The maximum absolute atomic E-state index is 12.5. The van der Waals surface area contributed by atoms with Crippen LogP contribution in [0, 0.1) is 9.93 Å². The second kappa shape index (κ2) is 11.0. The zero-order valence-electron chi connectivity index (χ0n) is 12.5. The smallest absolute Gasteiger partial charge is 0.414 e. The van der Waals surface area contributed by atoms with Crippen LogP contribution in [-0.4, -0.2) is 48.6 Å². The van der Waals surface area contributed by atoms with Gasteiger partial charge in [-0.05, 0) is 12.8 Å². The number of halogens is 7. The summed E-state index contributed by atoms with van der Waals surface area (Å²) in [5.41, 5.74) is 0. The molecule has 0 aromatic carbocycles. The number of alkyl halides is 7. The molecule has 0 aliphatic carbocycles. The van der Waals surface area contributed by atoms with Crippen LogP contribution in [0.25, 0.3) is 0 Å². The van der Waals surface area contributed by atoms with E-state index < -0.39 is 53.6 Å². The lowest BCUT2D eigenvalue weighted by Gasteiger charge is -2.26. The molecule has 0 spiro atoms. The highest BCUT2D eigenvalue weighted by atomic mass is 35.5. The van der Waals surface area contributed by atoms with E-state index in [1.54, 1.807) is 0 Å². The van der Waals surface area contributed by atoms with Gasteiger partial charge in [0.25, 0.3) is 0 Å². The van der Waals surface area contributed by atoms with Crippen molar-refractivity contribution in [3.05, 3.63) is 9.93 Å². The minimum Gasteiger partial charge on any atom is -0.467 e. The maximum Gasteiger partial charge on any atom is 0.414 e. The van der Waals surface area contributed by atoms with Crippen LogP contribution >= 0.6 is 23.4 Å². The van der Waals surface area contributed by atoms with Crippen LogP contribution in [0.1, 0.15) is 19.3 Å². The SMILES string of the molecule is COC(=O)C(Cl)(CCC(OC)C(F)(F)F)SCCC(F)(F)F.O=O. The first-order chi connectivity index (χ1) is 10.9. The lowest BCUT2D eigenvalue weighted by Crippen LogP contribution is -2.36.